The molecule has 0 aliphatic rings. The van der Waals surface area contributed by atoms with Crippen LogP contribution in [0, 0.1) is 12.3 Å². The maximum Gasteiger partial charge on any atom is 0.235 e. The third kappa shape index (κ3) is 2.22. The van der Waals surface area contributed by atoms with E-state index < -0.39 is 0 Å². The number of aromatic nitrogens is 4. The molecular formula is C10H12N6O. The molecule has 0 spiro atoms. The fourth-order valence-corrected chi connectivity index (χ4v) is 1.37. The van der Waals surface area contributed by atoms with Crippen molar-refractivity contribution in [1.29, 1.82) is 5.41 Å². The van der Waals surface area contributed by atoms with Gasteiger partial charge in [0.15, 0.2) is 0 Å². The first-order valence-electron chi connectivity index (χ1n) is 4.91. The van der Waals surface area contributed by atoms with E-state index >= 15 is 0 Å². The number of hydrogen-bond donors (Lipinski definition) is 2. The SMILES string of the molecule is Cc1cc(Oc2ncncc2C(=N)N)n(C)n1. The zero-order valence-electron chi connectivity index (χ0n) is 9.51. The van der Waals surface area contributed by atoms with Gasteiger partial charge in [-0.1, -0.05) is 0 Å². The van der Waals surface area contributed by atoms with Crippen molar-refractivity contribution in [2.45, 2.75) is 6.92 Å². The molecule has 0 atom stereocenters. The summed E-state index contributed by atoms with van der Waals surface area (Å²) in [7, 11) is 1.76. The molecule has 88 valence electrons. The molecular weight excluding hydrogens is 220 g/mol. The summed E-state index contributed by atoms with van der Waals surface area (Å²) in [5.74, 6) is 0.638. The molecule has 2 aromatic rings. The number of ether oxygens (including phenoxy) is 1. The van der Waals surface area contributed by atoms with Crippen LogP contribution in [-0.4, -0.2) is 25.6 Å². The van der Waals surface area contributed by atoms with Crippen LogP contribution < -0.4 is 10.5 Å². The Morgan fingerprint density at radius 1 is 1.53 bits per heavy atom. The van der Waals surface area contributed by atoms with E-state index in [9.17, 15) is 0 Å². The van der Waals surface area contributed by atoms with Crippen LogP contribution >= 0.6 is 0 Å². The fraction of sp³-hybridized carbons (Fsp3) is 0.200. The van der Waals surface area contributed by atoms with Crippen LogP contribution in [0.2, 0.25) is 0 Å². The van der Waals surface area contributed by atoms with Gasteiger partial charge in [0.2, 0.25) is 11.8 Å². The highest BCUT2D eigenvalue weighted by molar-refractivity contribution is 5.96. The van der Waals surface area contributed by atoms with Crippen molar-refractivity contribution in [3.8, 4) is 11.8 Å². The minimum Gasteiger partial charge on any atom is -0.420 e. The molecule has 0 saturated carbocycles. The molecule has 2 aromatic heterocycles. The largest absolute Gasteiger partial charge is 0.420 e. The average molecular weight is 232 g/mol. The number of aryl methyl sites for hydroxylation is 2. The van der Waals surface area contributed by atoms with E-state index in [-0.39, 0.29) is 11.7 Å². The van der Waals surface area contributed by atoms with E-state index in [0.717, 1.165) is 5.69 Å². The number of nitrogens with two attached hydrogens (primary N) is 1. The third-order valence-electron chi connectivity index (χ3n) is 2.13. The summed E-state index contributed by atoms with van der Waals surface area (Å²) in [5, 5.41) is 11.5. The molecule has 0 unspecified atom stereocenters. The van der Waals surface area contributed by atoms with Gasteiger partial charge in [0.05, 0.1) is 11.3 Å². The van der Waals surface area contributed by atoms with E-state index in [2.05, 4.69) is 15.1 Å². The van der Waals surface area contributed by atoms with Gasteiger partial charge in [0.25, 0.3) is 0 Å². The van der Waals surface area contributed by atoms with Gasteiger partial charge in [-0.3, -0.25) is 5.41 Å². The summed E-state index contributed by atoms with van der Waals surface area (Å²) in [6, 6.07) is 1.77. The topological polar surface area (TPSA) is 103 Å². The van der Waals surface area contributed by atoms with Gasteiger partial charge in [0.1, 0.15) is 12.2 Å². The van der Waals surface area contributed by atoms with E-state index in [1.165, 1.54) is 12.5 Å². The van der Waals surface area contributed by atoms with Gasteiger partial charge in [0, 0.05) is 19.3 Å². The lowest BCUT2D eigenvalue weighted by molar-refractivity contribution is 0.413. The fourth-order valence-electron chi connectivity index (χ4n) is 1.37. The van der Waals surface area contributed by atoms with Crippen molar-refractivity contribution >= 4 is 5.84 Å². The number of hydrogen-bond acceptors (Lipinski definition) is 5. The normalized spacial score (nSPS) is 10.2. The Labute approximate surface area is 97.8 Å². The van der Waals surface area contributed by atoms with E-state index in [1.807, 2.05) is 6.92 Å². The van der Waals surface area contributed by atoms with Crippen LogP contribution in [0.3, 0.4) is 0 Å². The Morgan fingerprint density at radius 2 is 2.29 bits per heavy atom. The van der Waals surface area contributed by atoms with Gasteiger partial charge < -0.3 is 10.5 Å². The Balaban J connectivity index is 2.36. The predicted octanol–water partition coefficient (Wildman–Crippen LogP) is 0.595. The number of nitrogen functional groups attached to an aromatic ring is 1. The van der Waals surface area contributed by atoms with Gasteiger partial charge in [-0.15, -0.1) is 0 Å². The van der Waals surface area contributed by atoms with Gasteiger partial charge in [-0.2, -0.15) is 5.10 Å². The first-order valence-corrected chi connectivity index (χ1v) is 4.91. The number of nitrogens with zero attached hydrogens (tertiary/aromatic N) is 4. The van der Waals surface area contributed by atoms with Crippen LogP contribution in [0.15, 0.2) is 18.6 Å². The van der Waals surface area contributed by atoms with Crippen LogP contribution in [0.1, 0.15) is 11.3 Å². The number of rotatable bonds is 3. The summed E-state index contributed by atoms with van der Waals surface area (Å²) < 4.78 is 7.14. The second kappa shape index (κ2) is 4.20. The highest BCUT2D eigenvalue weighted by Gasteiger charge is 2.11. The lowest BCUT2D eigenvalue weighted by atomic mass is 10.3. The molecule has 7 nitrogen and oxygen atoms in total. The highest BCUT2D eigenvalue weighted by Crippen LogP contribution is 2.21. The Hall–Kier alpha value is -2.44. The van der Waals surface area contributed by atoms with Crippen molar-refractivity contribution in [3.63, 3.8) is 0 Å². The first-order chi connectivity index (χ1) is 8.08. The minimum atomic E-state index is -0.139. The Kier molecular flexibility index (Phi) is 2.73. The van der Waals surface area contributed by atoms with E-state index in [0.29, 0.717) is 11.4 Å². The maximum atomic E-state index is 7.40. The zero-order valence-corrected chi connectivity index (χ0v) is 9.51. The molecule has 3 N–H and O–H groups in total. The summed E-state index contributed by atoms with van der Waals surface area (Å²) in [5.41, 5.74) is 6.60. The first kappa shape index (κ1) is 11.1. The molecule has 2 rings (SSSR count). The smallest absolute Gasteiger partial charge is 0.235 e. The summed E-state index contributed by atoms with van der Waals surface area (Å²) in [4.78, 5) is 7.75. The molecule has 2 heterocycles. The van der Waals surface area contributed by atoms with Crippen molar-refractivity contribution in [2.75, 3.05) is 0 Å². The lowest BCUT2D eigenvalue weighted by Gasteiger charge is -2.07. The standard InChI is InChI=1S/C10H12N6O/c1-6-3-8(16(2)15-6)17-10-7(9(11)12)4-13-5-14-10/h3-5H,1-2H3,(H3,11,12). The zero-order chi connectivity index (χ0) is 12.4. The summed E-state index contributed by atoms with van der Waals surface area (Å²) in [6.07, 6.45) is 2.78. The molecule has 0 saturated heterocycles. The second-order valence-electron chi connectivity index (χ2n) is 3.50. The van der Waals surface area contributed by atoms with Crippen molar-refractivity contribution in [1.82, 2.24) is 19.7 Å². The highest BCUT2D eigenvalue weighted by atomic mass is 16.5. The molecule has 0 radical (unpaired) electrons. The molecule has 0 aliphatic heterocycles. The van der Waals surface area contributed by atoms with Gasteiger partial charge in [-0.05, 0) is 6.92 Å². The minimum absolute atomic E-state index is 0.139. The molecule has 0 aliphatic carbocycles. The third-order valence-corrected chi connectivity index (χ3v) is 2.13. The summed E-state index contributed by atoms with van der Waals surface area (Å²) in [6.45, 7) is 1.86. The quantitative estimate of drug-likeness (QED) is 0.595. The van der Waals surface area contributed by atoms with Crippen LogP contribution in [0.5, 0.6) is 11.8 Å². The van der Waals surface area contributed by atoms with Crippen LogP contribution in [-0.2, 0) is 7.05 Å². The van der Waals surface area contributed by atoms with Gasteiger partial charge >= 0.3 is 0 Å². The monoisotopic (exact) mass is 232 g/mol. The molecule has 0 aromatic carbocycles. The van der Waals surface area contributed by atoms with Crippen molar-refractivity contribution in [3.05, 3.63) is 29.8 Å². The van der Waals surface area contributed by atoms with E-state index in [4.69, 9.17) is 15.9 Å². The van der Waals surface area contributed by atoms with Crippen molar-refractivity contribution in [2.24, 2.45) is 12.8 Å². The van der Waals surface area contributed by atoms with Crippen molar-refractivity contribution < 1.29 is 4.74 Å². The van der Waals surface area contributed by atoms with E-state index in [1.54, 1.807) is 17.8 Å². The average Bonchev–Trinajstić information content (AvgIpc) is 2.58. The molecule has 0 amide bonds. The number of nitrogens with one attached hydrogen (secondary N) is 1. The summed E-state index contributed by atoms with van der Waals surface area (Å²) >= 11 is 0. The number of amidine groups is 1. The van der Waals surface area contributed by atoms with Crippen LogP contribution in [0.25, 0.3) is 0 Å². The molecule has 0 bridgehead atoms. The Bertz CT molecular complexity index is 562. The second-order valence-corrected chi connectivity index (χ2v) is 3.50. The maximum absolute atomic E-state index is 7.40. The van der Waals surface area contributed by atoms with Gasteiger partial charge in [-0.25, -0.2) is 14.6 Å². The Morgan fingerprint density at radius 3 is 2.88 bits per heavy atom. The van der Waals surface area contributed by atoms with Crippen LogP contribution in [0.4, 0.5) is 0 Å². The molecule has 7 heteroatoms. The lowest BCUT2D eigenvalue weighted by Crippen LogP contribution is -2.13. The molecule has 17 heavy (non-hydrogen) atoms. The predicted molar refractivity (Wildman–Crippen MR) is 61.1 cm³/mol. The molecule has 0 fully saturated rings.